The van der Waals surface area contributed by atoms with Crippen molar-refractivity contribution in [1.82, 2.24) is 0 Å². The van der Waals surface area contributed by atoms with Crippen molar-refractivity contribution in [2.75, 3.05) is 39.6 Å². The maximum Gasteiger partial charge on any atom is 0.472 e. The minimum Gasteiger partial charge on any atom is -0.462 e. The first-order valence-corrected chi connectivity index (χ1v) is 46.5. The molecule has 0 rings (SSSR count). The van der Waals surface area contributed by atoms with Gasteiger partial charge in [-0.25, -0.2) is 9.13 Å². The van der Waals surface area contributed by atoms with Gasteiger partial charge in [0.25, 0.3) is 0 Å². The van der Waals surface area contributed by atoms with Gasteiger partial charge in [0.15, 0.2) is 12.2 Å². The number of aliphatic hydroxyl groups excluding tert-OH is 1. The summed E-state index contributed by atoms with van der Waals surface area (Å²) in [7, 11) is -9.93. The predicted octanol–water partition coefficient (Wildman–Crippen LogP) is 25.5. The van der Waals surface area contributed by atoms with Crippen LogP contribution in [0.5, 0.6) is 0 Å². The van der Waals surface area contributed by atoms with Gasteiger partial charge in [0.1, 0.15) is 19.3 Å². The van der Waals surface area contributed by atoms with Gasteiger partial charge in [0.05, 0.1) is 26.4 Å². The van der Waals surface area contributed by atoms with Gasteiger partial charge in [-0.1, -0.05) is 395 Å². The second-order valence-electron chi connectivity index (χ2n) is 30.9. The lowest BCUT2D eigenvalue weighted by Gasteiger charge is -2.21. The van der Waals surface area contributed by atoms with Gasteiger partial charge in [-0.2, -0.15) is 0 Å². The molecular weight excluding hydrogens is 1340 g/mol. The Bertz CT molecular complexity index is 1980. The third-order valence-electron chi connectivity index (χ3n) is 20.1. The number of carbonyl (C=O) groups excluding carboxylic acids is 4. The van der Waals surface area contributed by atoms with E-state index in [2.05, 4.69) is 41.5 Å². The zero-order chi connectivity index (χ0) is 75.6. The van der Waals surface area contributed by atoms with Crippen molar-refractivity contribution in [2.45, 2.75) is 464 Å². The normalized spacial score (nSPS) is 14.1. The van der Waals surface area contributed by atoms with Crippen LogP contribution in [-0.4, -0.2) is 96.7 Å². The lowest BCUT2D eigenvalue weighted by Crippen LogP contribution is -2.30. The summed E-state index contributed by atoms with van der Waals surface area (Å²) in [5.74, 6) is -0.516. The molecule has 0 aliphatic carbocycles. The molecule has 17 nitrogen and oxygen atoms in total. The Labute approximate surface area is 632 Å². The maximum atomic E-state index is 13.1. The molecule has 6 atom stereocenters. The van der Waals surface area contributed by atoms with Gasteiger partial charge in [-0.15, -0.1) is 0 Å². The van der Waals surface area contributed by atoms with Gasteiger partial charge in [-0.3, -0.25) is 37.3 Å². The zero-order valence-corrected chi connectivity index (χ0v) is 69.4. The van der Waals surface area contributed by atoms with Gasteiger partial charge in [-0.05, 0) is 37.5 Å². The molecule has 19 heteroatoms. The quantitative estimate of drug-likeness (QED) is 0.0222. The van der Waals surface area contributed by atoms with E-state index in [-0.39, 0.29) is 25.7 Å². The average molecular weight is 1510 g/mol. The molecule has 0 heterocycles. The van der Waals surface area contributed by atoms with Gasteiger partial charge < -0.3 is 33.8 Å². The Hall–Kier alpha value is -1.94. The molecule has 0 amide bonds. The molecule has 3 unspecified atom stereocenters. The minimum absolute atomic E-state index is 0.108. The summed E-state index contributed by atoms with van der Waals surface area (Å²) >= 11 is 0. The Morgan fingerprint density at radius 3 is 0.738 bits per heavy atom. The Morgan fingerprint density at radius 2 is 0.495 bits per heavy atom. The zero-order valence-electron chi connectivity index (χ0n) is 67.6. The fourth-order valence-corrected chi connectivity index (χ4v) is 14.6. The maximum absolute atomic E-state index is 13.1. The number of rotatable bonds is 83. The molecule has 0 saturated carbocycles. The van der Waals surface area contributed by atoms with Crippen molar-refractivity contribution in [3.63, 3.8) is 0 Å². The second-order valence-corrected chi connectivity index (χ2v) is 33.8. The number of esters is 4. The fourth-order valence-electron chi connectivity index (χ4n) is 13.0. The standard InChI is InChI=1S/C84H164O17P2/c1-7-10-12-14-16-18-20-22-24-25-26-30-34-37-41-48-54-60-66-81(86)94-72-79(100-84(89)69-63-57-51-43-39-35-31-28-27-29-32-36-40-46-52-58-64-76(4)5)74-98-102(90,91)96-70-78(85)71-97-103(92,93)99-75-80(73-95-82(87)67-61-55-49-45-44-47-53-59-65-77(6)9-3)101-83(88)68-62-56-50-42-38-33-23-21-19-17-15-13-11-8-2/h76-80,85H,7-75H2,1-6H3,(H,90,91)(H,92,93)/t77?,78-,79-,80-/m1/s1. The van der Waals surface area contributed by atoms with E-state index in [0.29, 0.717) is 25.7 Å². The smallest absolute Gasteiger partial charge is 0.462 e. The lowest BCUT2D eigenvalue weighted by molar-refractivity contribution is -0.161. The van der Waals surface area contributed by atoms with Crippen LogP contribution in [0, 0.1) is 11.8 Å². The number of carbonyl (C=O) groups is 4. The van der Waals surface area contributed by atoms with Crippen LogP contribution in [0.25, 0.3) is 0 Å². The first kappa shape index (κ1) is 101. The van der Waals surface area contributed by atoms with E-state index in [0.717, 1.165) is 102 Å². The summed E-state index contributed by atoms with van der Waals surface area (Å²) in [6, 6.07) is 0. The number of hydrogen-bond acceptors (Lipinski definition) is 15. The van der Waals surface area contributed by atoms with Crippen LogP contribution in [-0.2, 0) is 65.4 Å². The van der Waals surface area contributed by atoms with Crippen LogP contribution in [0.4, 0.5) is 0 Å². The molecule has 0 radical (unpaired) electrons. The molecule has 0 aliphatic rings. The molecule has 0 aromatic rings. The third-order valence-corrected chi connectivity index (χ3v) is 22.0. The van der Waals surface area contributed by atoms with Crippen LogP contribution in [0.2, 0.25) is 0 Å². The van der Waals surface area contributed by atoms with Gasteiger partial charge >= 0.3 is 39.5 Å². The highest BCUT2D eigenvalue weighted by Gasteiger charge is 2.30. The van der Waals surface area contributed by atoms with E-state index in [4.69, 9.17) is 37.0 Å². The highest BCUT2D eigenvalue weighted by molar-refractivity contribution is 7.47. The molecule has 612 valence electrons. The molecule has 0 bridgehead atoms. The summed E-state index contributed by atoms with van der Waals surface area (Å²) in [6.07, 6.45) is 66.5. The molecule has 0 aromatic carbocycles. The summed E-state index contributed by atoms with van der Waals surface area (Å²) in [6.45, 7) is 9.70. The molecule has 0 aromatic heterocycles. The number of unbranched alkanes of at least 4 members (excludes halogenated alkanes) is 52. The highest BCUT2D eigenvalue weighted by atomic mass is 31.2. The highest BCUT2D eigenvalue weighted by Crippen LogP contribution is 2.45. The molecule has 3 N–H and O–H groups in total. The van der Waals surface area contributed by atoms with Crippen molar-refractivity contribution >= 4 is 39.5 Å². The summed E-state index contributed by atoms with van der Waals surface area (Å²) in [5, 5.41) is 10.7. The van der Waals surface area contributed by atoms with Crippen molar-refractivity contribution < 1.29 is 80.2 Å². The average Bonchev–Trinajstić information content (AvgIpc) is 0.906. The van der Waals surface area contributed by atoms with Gasteiger partial charge in [0.2, 0.25) is 0 Å². The summed E-state index contributed by atoms with van der Waals surface area (Å²) in [4.78, 5) is 73.2. The summed E-state index contributed by atoms with van der Waals surface area (Å²) < 4.78 is 68.9. The van der Waals surface area contributed by atoms with E-state index in [1.54, 1.807) is 0 Å². The van der Waals surface area contributed by atoms with Crippen molar-refractivity contribution in [3.8, 4) is 0 Å². The number of phosphoric ester groups is 2. The fraction of sp³-hybridized carbons (Fsp3) is 0.952. The van der Waals surface area contributed by atoms with E-state index >= 15 is 0 Å². The van der Waals surface area contributed by atoms with Gasteiger partial charge in [0, 0.05) is 25.7 Å². The van der Waals surface area contributed by atoms with Crippen LogP contribution in [0.1, 0.15) is 446 Å². The summed E-state index contributed by atoms with van der Waals surface area (Å²) in [5.41, 5.74) is 0. The molecule has 0 saturated heterocycles. The Morgan fingerprint density at radius 1 is 0.282 bits per heavy atom. The Balaban J connectivity index is 5.26. The molecular formula is C84H164O17P2. The Kier molecular flexibility index (Phi) is 74.1. The van der Waals surface area contributed by atoms with E-state index in [1.807, 2.05) is 0 Å². The minimum atomic E-state index is -4.96. The number of hydrogen-bond donors (Lipinski definition) is 3. The SMILES string of the molecule is CCCCCCCCCCCCCCCCCCCCC(=O)OC[C@H](COP(=O)(O)OC[C@@H](O)COP(=O)(O)OC[C@@H](COC(=O)CCCCCCCCCCC(C)CC)OC(=O)CCCCCCCCCCCCCCCC)OC(=O)CCCCCCCCCCCCCCCCCCC(C)C. The second kappa shape index (κ2) is 75.5. The molecule has 0 aliphatic heterocycles. The number of ether oxygens (including phenoxy) is 4. The van der Waals surface area contributed by atoms with Crippen LogP contribution >= 0.6 is 15.6 Å². The van der Waals surface area contributed by atoms with Crippen molar-refractivity contribution in [2.24, 2.45) is 11.8 Å². The topological polar surface area (TPSA) is 237 Å². The van der Waals surface area contributed by atoms with Crippen molar-refractivity contribution in [1.29, 1.82) is 0 Å². The monoisotopic (exact) mass is 1510 g/mol. The van der Waals surface area contributed by atoms with E-state index < -0.39 is 97.5 Å². The van der Waals surface area contributed by atoms with Crippen LogP contribution in [0.15, 0.2) is 0 Å². The van der Waals surface area contributed by atoms with Crippen LogP contribution in [0.3, 0.4) is 0 Å². The van der Waals surface area contributed by atoms with Crippen molar-refractivity contribution in [3.05, 3.63) is 0 Å². The largest absolute Gasteiger partial charge is 0.472 e. The first-order chi connectivity index (χ1) is 49.9. The number of aliphatic hydroxyl groups is 1. The number of phosphoric acid groups is 2. The van der Waals surface area contributed by atoms with Crippen LogP contribution < -0.4 is 0 Å². The molecule has 0 spiro atoms. The first-order valence-electron chi connectivity index (χ1n) is 43.5. The lowest BCUT2D eigenvalue weighted by atomic mass is 9.99. The van der Waals surface area contributed by atoms with E-state index in [9.17, 15) is 43.2 Å². The third kappa shape index (κ3) is 76.6. The molecule has 0 fully saturated rings. The van der Waals surface area contributed by atoms with E-state index in [1.165, 1.54) is 263 Å². The molecule has 103 heavy (non-hydrogen) atoms. The predicted molar refractivity (Wildman–Crippen MR) is 423 cm³/mol.